The van der Waals surface area contributed by atoms with E-state index in [2.05, 4.69) is 54.2 Å². The molecular weight excluding hydrogens is 298 g/mol. The minimum atomic E-state index is 0.663. The number of rotatable bonds is 3. The Bertz CT molecular complexity index is 404. The van der Waals surface area contributed by atoms with Crippen molar-refractivity contribution in [3.05, 3.63) is 27.7 Å². The van der Waals surface area contributed by atoms with Crippen molar-refractivity contribution in [2.24, 2.45) is 5.92 Å². The van der Waals surface area contributed by atoms with Gasteiger partial charge in [-0.15, -0.1) is 0 Å². The molecule has 19 heavy (non-hydrogen) atoms. The van der Waals surface area contributed by atoms with E-state index in [1.54, 1.807) is 0 Å². The highest BCUT2D eigenvalue weighted by Gasteiger charge is 2.17. The molecule has 1 aliphatic rings. The zero-order valence-corrected chi connectivity index (χ0v) is 14.0. The van der Waals surface area contributed by atoms with Crippen molar-refractivity contribution >= 4 is 21.6 Å². The van der Waals surface area contributed by atoms with Crippen molar-refractivity contribution in [1.82, 2.24) is 0 Å². The zero-order chi connectivity index (χ0) is 13.8. The predicted molar refractivity (Wildman–Crippen MR) is 87.9 cm³/mol. The molecule has 0 aliphatic heterocycles. The van der Waals surface area contributed by atoms with Crippen LogP contribution in [0.25, 0.3) is 0 Å². The molecule has 1 N–H and O–H groups in total. The molecule has 2 atom stereocenters. The number of hydrogen-bond acceptors (Lipinski definition) is 1. The lowest BCUT2D eigenvalue weighted by Gasteiger charge is -2.19. The maximum Gasteiger partial charge on any atom is 0.0348 e. The third-order valence-corrected chi connectivity index (χ3v) is 5.72. The third-order valence-electron chi connectivity index (χ3n) is 4.47. The summed E-state index contributed by atoms with van der Waals surface area (Å²) in [5, 5.41) is 3.75. The summed E-state index contributed by atoms with van der Waals surface area (Å²) in [6.45, 7) is 6.67. The summed E-state index contributed by atoms with van der Waals surface area (Å²) >= 11 is 3.64. The van der Waals surface area contributed by atoms with E-state index in [0.717, 1.165) is 5.92 Å². The van der Waals surface area contributed by atoms with Gasteiger partial charge in [0.05, 0.1) is 0 Å². The Labute approximate surface area is 126 Å². The Kier molecular flexibility index (Phi) is 5.32. The Morgan fingerprint density at radius 1 is 1.11 bits per heavy atom. The number of nitrogens with one attached hydrogen (secondary N) is 1. The van der Waals surface area contributed by atoms with E-state index < -0.39 is 0 Å². The van der Waals surface area contributed by atoms with E-state index in [1.165, 1.54) is 59.8 Å². The first-order valence-electron chi connectivity index (χ1n) is 7.63. The SMILES string of the molecule is CCC1CCCC(Nc2cc(C)c(Br)c(C)c2)CC1. The molecule has 0 radical (unpaired) electrons. The van der Waals surface area contributed by atoms with Crippen molar-refractivity contribution in [2.75, 3.05) is 5.32 Å². The summed E-state index contributed by atoms with van der Waals surface area (Å²) in [4.78, 5) is 0. The van der Waals surface area contributed by atoms with Gasteiger partial charge in [0.1, 0.15) is 0 Å². The van der Waals surface area contributed by atoms with Crippen LogP contribution in [0, 0.1) is 19.8 Å². The maximum absolute atomic E-state index is 3.75. The first-order valence-corrected chi connectivity index (χ1v) is 8.42. The lowest BCUT2D eigenvalue weighted by atomic mass is 9.98. The molecule has 106 valence electrons. The quantitative estimate of drug-likeness (QED) is 0.689. The first kappa shape index (κ1) is 14.9. The van der Waals surface area contributed by atoms with Crippen molar-refractivity contribution in [3.63, 3.8) is 0 Å². The Balaban J connectivity index is 2.01. The Morgan fingerprint density at radius 3 is 2.42 bits per heavy atom. The van der Waals surface area contributed by atoms with Crippen LogP contribution in [0.4, 0.5) is 5.69 Å². The van der Waals surface area contributed by atoms with Crippen LogP contribution < -0.4 is 5.32 Å². The Morgan fingerprint density at radius 2 is 1.79 bits per heavy atom. The van der Waals surface area contributed by atoms with E-state index in [-0.39, 0.29) is 0 Å². The van der Waals surface area contributed by atoms with Gasteiger partial charge in [-0.2, -0.15) is 0 Å². The molecular formula is C17H26BrN. The molecule has 1 saturated carbocycles. The summed E-state index contributed by atoms with van der Waals surface area (Å²) in [5.74, 6) is 0.959. The van der Waals surface area contributed by atoms with Crippen LogP contribution in [-0.2, 0) is 0 Å². The summed E-state index contributed by atoms with van der Waals surface area (Å²) in [5.41, 5.74) is 3.93. The number of hydrogen-bond donors (Lipinski definition) is 1. The monoisotopic (exact) mass is 323 g/mol. The lowest BCUT2D eigenvalue weighted by molar-refractivity contribution is 0.444. The molecule has 0 spiro atoms. The molecule has 0 amide bonds. The van der Waals surface area contributed by atoms with Crippen LogP contribution in [0.2, 0.25) is 0 Å². The van der Waals surface area contributed by atoms with E-state index in [1.807, 2.05) is 0 Å². The second kappa shape index (κ2) is 6.78. The highest BCUT2D eigenvalue weighted by atomic mass is 79.9. The van der Waals surface area contributed by atoms with Gasteiger partial charge >= 0.3 is 0 Å². The summed E-state index contributed by atoms with van der Waals surface area (Å²) in [6.07, 6.45) is 8.20. The van der Waals surface area contributed by atoms with Gasteiger partial charge < -0.3 is 5.32 Å². The molecule has 1 nitrogen and oxygen atoms in total. The van der Waals surface area contributed by atoms with Crippen molar-refractivity contribution < 1.29 is 0 Å². The van der Waals surface area contributed by atoms with Gasteiger partial charge in [0, 0.05) is 16.2 Å². The smallest absolute Gasteiger partial charge is 0.0348 e. The fourth-order valence-corrected chi connectivity index (χ4v) is 3.42. The van der Waals surface area contributed by atoms with Crippen molar-refractivity contribution in [3.8, 4) is 0 Å². The predicted octanol–water partition coefficient (Wildman–Crippen LogP) is 5.84. The Hall–Kier alpha value is -0.500. The summed E-state index contributed by atoms with van der Waals surface area (Å²) in [7, 11) is 0. The van der Waals surface area contributed by atoms with Crippen LogP contribution in [0.5, 0.6) is 0 Å². The van der Waals surface area contributed by atoms with E-state index >= 15 is 0 Å². The van der Waals surface area contributed by atoms with Crippen LogP contribution in [0.1, 0.15) is 56.6 Å². The molecule has 2 heteroatoms. The van der Waals surface area contributed by atoms with E-state index in [9.17, 15) is 0 Å². The lowest BCUT2D eigenvalue weighted by Crippen LogP contribution is -2.18. The molecule has 0 saturated heterocycles. The number of halogens is 1. The fraction of sp³-hybridized carbons (Fsp3) is 0.647. The average Bonchev–Trinajstić information content (AvgIpc) is 2.61. The van der Waals surface area contributed by atoms with Gasteiger partial charge in [-0.05, 0) is 62.3 Å². The van der Waals surface area contributed by atoms with Gasteiger partial charge in [-0.3, -0.25) is 0 Å². The molecule has 1 fully saturated rings. The fourth-order valence-electron chi connectivity index (χ4n) is 3.20. The molecule has 0 bridgehead atoms. The van der Waals surface area contributed by atoms with Crippen LogP contribution in [0.3, 0.4) is 0 Å². The minimum absolute atomic E-state index is 0.663. The van der Waals surface area contributed by atoms with Gasteiger partial charge in [0.25, 0.3) is 0 Å². The average molecular weight is 324 g/mol. The number of anilines is 1. The van der Waals surface area contributed by atoms with Crippen molar-refractivity contribution in [2.45, 2.75) is 65.3 Å². The number of benzene rings is 1. The molecule has 0 heterocycles. The molecule has 1 aromatic carbocycles. The van der Waals surface area contributed by atoms with E-state index in [4.69, 9.17) is 0 Å². The minimum Gasteiger partial charge on any atom is -0.382 e. The largest absolute Gasteiger partial charge is 0.382 e. The van der Waals surface area contributed by atoms with Crippen LogP contribution in [0.15, 0.2) is 16.6 Å². The maximum atomic E-state index is 3.75. The van der Waals surface area contributed by atoms with Gasteiger partial charge in [-0.1, -0.05) is 42.1 Å². The topological polar surface area (TPSA) is 12.0 Å². The van der Waals surface area contributed by atoms with E-state index in [0.29, 0.717) is 6.04 Å². The standard InChI is InChI=1S/C17H26BrN/c1-4-14-6-5-7-15(9-8-14)19-16-10-12(2)17(18)13(3)11-16/h10-11,14-15,19H,4-9H2,1-3H3. The number of aryl methyl sites for hydroxylation is 2. The van der Waals surface area contributed by atoms with Crippen LogP contribution >= 0.6 is 15.9 Å². The molecule has 2 rings (SSSR count). The molecule has 1 aromatic rings. The van der Waals surface area contributed by atoms with Crippen LogP contribution in [-0.4, -0.2) is 6.04 Å². The molecule has 2 unspecified atom stereocenters. The van der Waals surface area contributed by atoms with Crippen molar-refractivity contribution in [1.29, 1.82) is 0 Å². The second-order valence-electron chi connectivity index (χ2n) is 6.05. The second-order valence-corrected chi connectivity index (χ2v) is 6.84. The van der Waals surface area contributed by atoms with Gasteiger partial charge in [-0.25, -0.2) is 0 Å². The highest BCUT2D eigenvalue weighted by molar-refractivity contribution is 9.10. The molecule has 1 aliphatic carbocycles. The normalized spacial score (nSPS) is 24.0. The summed E-state index contributed by atoms with van der Waals surface area (Å²) in [6, 6.07) is 5.19. The molecule has 0 aromatic heterocycles. The van der Waals surface area contributed by atoms with Gasteiger partial charge in [0.2, 0.25) is 0 Å². The highest BCUT2D eigenvalue weighted by Crippen LogP contribution is 2.29. The summed E-state index contributed by atoms with van der Waals surface area (Å²) < 4.78 is 1.24. The third kappa shape index (κ3) is 3.98. The van der Waals surface area contributed by atoms with Gasteiger partial charge in [0.15, 0.2) is 0 Å². The first-order chi connectivity index (χ1) is 9.10. The zero-order valence-electron chi connectivity index (χ0n) is 12.4.